The molecular weight excluding hydrogens is 438 g/mol. The first-order chi connectivity index (χ1) is 16.2. The first-order valence-electron chi connectivity index (χ1n) is 10.5. The number of halogens is 1. The van der Waals surface area contributed by atoms with Crippen LogP contribution in [0.1, 0.15) is 22.5 Å². The fourth-order valence-corrected chi connectivity index (χ4v) is 3.45. The van der Waals surface area contributed by atoms with Crippen molar-refractivity contribution >= 4 is 28.8 Å². The minimum absolute atomic E-state index is 0.0992. The van der Waals surface area contributed by atoms with E-state index in [2.05, 4.69) is 32.6 Å². The predicted molar refractivity (Wildman–Crippen MR) is 129 cm³/mol. The van der Waals surface area contributed by atoms with Crippen LogP contribution in [0, 0.1) is 11.8 Å². The maximum absolute atomic E-state index is 13.0. The number of anilines is 1. The molecule has 166 valence electrons. The van der Waals surface area contributed by atoms with Crippen molar-refractivity contribution < 1.29 is 9.90 Å². The van der Waals surface area contributed by atoms with Crippen molar-refractivity contribution in [2.24, 2.45) is 0 Å². The molecule has 0 aliphatic rings. The van der Waals surface area contributed by atoms with E-state index in [0.717, 1.165) is 16.7 Å². The largest absolute Gasteiger partial charge is 0.395 e. The summed E-state index contributed by atoms with van der Waals surface area (Å²) in [4.78, 5) is 17.5. The lowest BCUT2D eigenvalue weighted by Gasteiger charge is -2.08. The van der Waals surface area contributed by atoms with Gasteiger partial charge in [-0.2, -0.15) is 5.10 Å². The molecule has 0 spiro atoms. The summed E-state index contributed by atoms with van der Waals surface area (Å²) in [5, 5.41) is 19.7. The highest BCUT2D eigenvalue weighted by Gasteiger charge is 2.14. The van der Waals surface area contributed by atoms with Crippen LogP contribution < -0.4 is 10.6 Å². The normalized spacial score (nSPS) is 10.6. The van der Waals surface area contributed by atoms with Crippen molar-refractivity contribution in [2.75, 3.05) is 25.0 Å². The maximum atomic E-state index is 13.0. The molecule has 7 nitrogen and oxygen atoms in total. The van der Waals surface area contributed by atoms with Gasteiger partial charge in [-0.25, -0.2) is 9.50 Å². The quantitative estimate of drug-likeness (QED) is 0.290. The molecule has 2 aromatic carbocycles. The third-order valence-corrected chi connectivity index (χ3v) is 5.09. The highest BCUT2D eigenvalue weighted by Crippen LogP contribution is 2.26. The van der Waals surface area contributed by atoms with Crippen molar-refractivity contribution in [3.8, 4) is 23.0 Å². The van der Waals surface area contributed by atoms with E-state index in [9.17, 15) is 4.79 Å². The van der Waals surface area contributed by atoms with E-state index in [-0.39, 0.29) is 18.2 Å². The van der Waals surface area contributed by atoms with Gasteiger partial charge in [0.25, 0.3) is 5.91 Å². The van der Waals surface area contributed by atoms with E-state index in [0.29, 0.717) is 35.9 Å². The molecule has 1 amide bonds. The minimum atomic E-state index is -0.338. The summed E-state index contributed by atoms with van der Waals surface area (Å²) in [6.07, 6.45) is 4.04. The van der Waals surface area contributed by atoms with Crippen LogP contribution >= 0.6 is 11.6 Å². The van der Waals surface area contributed by atoms with E-state index >= 15 is 0 Å². The molecule has 0 radical (unpaired) electrons. The van der Waals surface area contributed by atoms with E-state index in [4.69, 9.17) is 16.7 Å². The Kier molecular flexibility index (Phi) is 7.33. The molecule has 4 aromatic rings. The first-order valence-corrected chi connectivity index (χ1v) is 10.8. The standard InChI is InChI=1S/C25H22ClN5O2/c26-20-9-5-8-19(16-20)21-17-28-31-14-11-23(29-24(21)31)25(33)30-22-10-2-1-6-18(22)7-3-4-12-27-13-15-32/h1-2,5-6,8-11,14,16-17,27,32H,4,12-13,15H2,(H,30,33). The van der Waals surface area contributed by atoms with Crippen LogP contribution in [0.2, 0.25) is 5.02 Å². The van der Waals surface area contributed by atoms with Crippen LogP contribution in [0.4, 0.5) is 5.69 Å². The van der Waals surface area contributed by atoms with Crippen molar-refractivity contribution in [3.63, 3.8) is 0 Å². The molecule has 4 rings (SSSR count). The summed E-state index contributed by atoms with van der Waals surface area (Å²) in [6.45, 7) is 1.33. The van der Waals surface area contributed by atoms with Gasteiger partial charge in [0.05, 0.1) is 18.5 Å². The number of aliphatic hydroxyl groups excluding tert-OH is 1. The summed E-state index contributed by atoms with van der Waals surface area (Å²) < 4.78 is 1.62. The average molecular weight is 460 g/mol. The van der Waals surface area contributed by atoms with Gasteiger partial charge in [0.2, 0.25) is 0 Å². The average Bonchev–Trinajstić information content (AvgIpc) is 3.25. The number of amides is 1. The third kappa shape index (κ3) is 5.57. The van der Waals surface area contributed by atoms with Gasteiger partial charge in [0.15, 0.2) is 5.65 Å². The summed E-state index contributed by atoms with van der Waals surface area (Å²) in [6, 6.07) is 16.4. The Labute approximate surface area is 196 Å². The van der Waals surface area contributed by atoms with Crippen LogP contribution in [0.3, 0.4) is 0 Å². The van der Waals surface area contributed by atoms with Crippen LogP contribution in [-0.4, -0.2) is 45.3 Å². The van der Waals surface area contributed by atoms with Crippen LogP contribution in [-0.2, 0) is 0 Å². The van der Waals surface area contributed by atoms with Crippen LogP contribution in [0.15, 0.2) is 67.0 Å². The number of para-hydroxylation sites is 1. The Balaban J connectivity index is 1.54. The van der Waals surface area contributed by atoms with E-state index in [1.807, 2.05) is 36.4 Å². The number of carbonyl (C=O) groups excluding carboxylic acids is 1. The molecule has 0 bridgehead atoms. The molecule has 0 fully saturated rings. The summed E-state index contributed by atoms with van der Waals surface area (Å²) >= 11 is 6.13. The fourth-order valence-electron chi connectivity index (χ4n) is 3.26. The first kappa shape index (κ1) is 22.5. The van der Waals surface area contributed by atoms with Gasteiger partial charge < -0.3 is 15.7 Å². The molecule has 0 aliphatic heterocycles. The molecule has 0 atom stereocenters. The van der Waals surface area contributed by atoms with Gasteiger partial charge in [0.1, 0.15) is 5.69 Å². The number of carbonyl (C=O) groups is 1. The number of nitrogens with zero attached hydrogens (tertiary/aromatic N) is 3. The van der Waals surface area contributed by atoms with E-state index in [1.54, 1.807) is 35.1 Å². The molecule has 2 aromatic heterocycles. The van der Waals surface area contributed by atoms with Crippen LogP contribution in [0.25, 0.3) is 16.8 Å². The van der Waals surface area contributed by atoms with Gasteiger partial charge in [-0.15, -0.1) is 0 Å². The number of aromatic nitrogens is 3. The molecular formula is C25H22ClN5O2. The second-order valence-electron chi connectivity index (χ2n) is 7.17. The van der Waals surface area contributed by atoms with Crippen molar-refractivity contribution in [2.45, 2.75) is 6.42 Å². The predicted octanol–water partition coefficient (Wildman–Crippen LogP) is 3.63. The van der Waals surface area contributed by atoms with Crippen molar-refractivity contribution in [1.82, 2.24) is 19.9 Å². The SMILES string of the molecule is O=C(Nc1ccccc1C#CCCNCCO)c1ccn2ncc(-c3cccc(Cl)c3)c2n1. The number of nitrogens with one attached hydrogen (secondary N) is 2. The summed E-state index contributed by atoms with van der Waals surface area (Å²) in [5.41, 5.74) is 3.82. The molecule has 0 aliphatic carbocycles. The zero-order valence-corrected chi connectivity index (χ0v) is 18.5. The second kappa shape index (κ2) is 10.7. The Hall–Kier alpha value is -3.70. The molecule has 0 saturated carbocycles. The molecule has 33 heavy (non-hydrogen) atoms. The van der Waals surface area contributed by atoms with Gasteiger partial charge in [-0.3, -0.25) is 4.79 Å². The Morgan fingerprint density at radius 1 is 1.12 bits per heavy atom. The smallest absolute Gasteiger partial charge is 0.274 e. The van der Waals surface area contributed by atoms with Crippen molar-refractivity contribution in [1.29, 1.82) is 0 Å². The maximum Gasteiger partial charge on any atom is 0.274 e. The number of hydrogen-bond acceptors (Lipinski definition) is 5. The summed E-state index contributed by atoms with van der Waals surface area (Å²) in [5.74, 6) is 5.84. The lowest BCUT2D eigenvalue weighted by molar-refractivity contribution is 0.102. The zero-order valence-electron chi connectivity index (χ0n) is 17.8. The highest BCUT2D eigenvalue weighted by atomic mass is 35.5. The Morgan fingerprint density at radius 2 is 2.00 bits per heavy atom. The van der Waals surface area contributed by atoms with Gasteiger partial charge in [0, 0.05) is 41.9 Å². The Bertz CT molecular complexity index is 1340. The number of aliphatic hydroxyl groups is 1. The van der Waals surface area contributed by atoms with Crippen molar-refractivity contribution in [3.05, 3.63) is 83.3 Å². The second-order valence-corrected chi connectivity index (χ2v) is 7.61. The molecule has 0 unspecified atom stereocenters. The number of hydrogen-bond donors (Lipinski definition) is 3. The molecule has 0 saturated heterocycles. The topological polar surface area (TPSA) is 91.5 Å². The summed E-state index contributed by atoms with van der Waals surface area (Å²) in [7, 11) is 0. The molecule has 3 N–H and O–H groups in total. The van der Waals surface area contributed by atoms with Gasteiger partial charge in [-0.05, 0) is 35.9 Å². The van der Waals surface area contributed by atoms with E-state index in [1.165, 1.54) is 0 Å². The van der Waals surface area contributed by atoms with Gasteiger partial charge >= 0.3 is 0 Å². The monoisotopic (exact) mass is 459 g/mol. The lowest BCUT2D eigenvalue weighted by atomic mass is 10.1. The number of benzene rings is 2. The lowest BCUT2D eigenvalue weighted by Crippen LogP contribution is -2.18. The third-order valence-electron chi connectivity index (χ3n) is 4.85. The Morgan fingerprint density at radius 3 is 2.85 bits per heavy atom. The van der Waals surface area contributed by atoms with Crippen LogP contribution in [0.5, 0.6) is 0 Å². The van der Waals surface area contributed by atoms with E-state index < -0.39 is 0 Å². The fraction of sp³-hybridized carbons (Fsp3) is 0.160. The number of fused-ring (bicyclic) bond motifs is 1. The zero-order chi connectivity index (χ0) is 23.0. The molecule has 8 heteroatoms. The number of rotatable bonds is 7. The highest BCUT2D eigenvalue weighted by molar-refractivity contribution is 6.30. The minimum Gasteiger partial charge on any atom is -0.395 e. The van der Waals surface area contributed by atoms with Gasteiger partial charge in [-0.1, -0.05) is 47.7 Å². The molecule has 2 heterocycles.